The Hall–Kier alpha value is -1.85. The van der Waals surface area contributed by atoms with Gasteiger partial charge in [0.2, 0.25) is 0 Å². The molecule has 178 valence electrons. The molecule has 1 aromatic heterocycles. The fourth-order valence-corrected chi connectivity index (χ4v) is 3.60. The molecule has 0 spiro atoms. The molecule has 8 nitrogen and oxygen atoms in total. The molecule has 0 saturated carbocycles. The second kappa shape index (κ2) is 13.0. The summed E-state index contributed by atoms with van der Waals surface area (Å²) in [6.07, 6.45) is 5.02. The van der Waals surface area contributed by atoms with Crippen molar-refractivity contribution in [2.75, 3.05) is 40.4 Å². The summed E-state index contributed by atoms with van der Waals surface area (Å²) >= 11 is 0. The molecular formula is C23H37IN6O2. The van der Waals surface area contributed by atoms with Crippen LogP contribution in [0.15, 0.2) is 35.6 Å². The average molecular weight is 556 g/mol. The first-order valence-electron chi connectivity index (χ1n) is 11.0. The number of likely N-dealkylation sites (N-methyl/N-ethyl adjacent to an activating group) is 1. The van der Waals surface area contributed by atoms with Crippen molar-refractivity contribution in [3.63, 3.8) is 0 Å². The maximum Gasteiger partial charge on any atom is 0.191 e. The van der Waals surface area contributed by atoms with Gasteiger partial charge in [0, 0.05) is 43.9 Å². The molecule has 1 aromatic carbocycles. The molecule has 0 bridgehead atoms. The Kier molecular flexibility index (Phi) is 10.7. The number of halogens is 1. The van der Waals surface area contributed by atoms with Crippen LogP contribution in [0, 0.1) is 6.92 Å². The topological polar surface area (TPSA) is 75.9 Å². The van der Waals surface area contributed by atoms with E-state index in [1.807, 2.05) is 17.9 Å². The maximum atomic E-state index is 6.22. The van der Waals surface area contributed by atoms with Gasteiger partial charge in [-0.2, -0.15) is 5.10 Å². The summed E-state index contributed by atoms with van der Waals surface area (Å²) in [4.78, 5) is 7.01. The van der Waals surface area contributed by atoms with Gasteiger partial charge in [-0.15, -0.1) is 24.0 Å². The normalized spacial score (nSPS) is 17.2. The predicted molar refractivity (Wildman–Crippen MR) is 139 cm³/mol. The first-order valence-corrected chi connectivity index (χ1v) is 11.0. The third kappa shape index (κ3) is 7.63. The zero-order valence-electron chi connectivity index (χ0n) is 19.8. The number of aromatic nitrogens is 2. The van der Waals surface area contributed by atoms with Gasteiger partial charge in [0.05, 0.1) is 32.0 Å². The number of ether oxygens (including phenoxy) is 2. The lowest BCUT2D eigenvalue weighted by molar-refractivity contribution is 0.140. The SMILES string of the molecule is CCNC(=NCc1ccc(C)cc1OC1CCOC1)NCC(c1cnn(C)c1)N(C)C.I. The average Bonchev–Trinajstić information content (AvgIpc) is 3.39. The van der Waals surface area contributed by atoms with E-state index in [1.165, 1.54) is 11.1 Å². The van der Waals surface area contributed by atoms with E-state index < -0.39 is 0 Å². The second-order valence-electron chi connectivity index (χ2n) is 8.22. The van der Waals surface area contributed by atoms with Gasteiger partial charge in [0.1, 0.15) is 11.9 Å². The standard InChI is InChI=1S/C23H36N6O2.HI/c1-6-24-23(26-14-21(28(3)4)19-13-27-29(5)15-19)25-12-18-8-7-17(2)11-22(18)31-20-9-10-30-16-20;/h7-8,11,13,15,20-21H,6,9-10,12,14,16H2,1-5H3,(H2,24,25,26);1H. The van der Waals surface area contributed by atoms with Gasteiger partial charge in [-0.3, -0.25) is 4.68 Å². The minimum atomic E-state index is 0. The van der Waals surface area contributed by atoms with E-state index >= 15 is 0 Å². The highest BCUT2D eigenvalue weighted by Gasteiger charge is 2.19. The molecule has 2 atom stereocenters. The van der Waals surface area contributed by atoms with Crippen LogP contribution in [0.1, 0.15) is 36.1 Å². The predicted octanol–water partition coefficient (Wildman–Crippen LogP) is 2.87. The summed E-state index contributed by atoms with van der Waals surface area (Å²) < 4.78 is 13.5. The highest BCUT2D eigenvalue weighted by molar-refractivity contribution is 14.0. The van der Waals surface area contributed by atoms with Gasteiger partial charge >= 0.3 is 0 Å². The number of hydrogen-bond donors (Lipinski definition) is 2. The highest BCUT2D eigenvalue weighted by Crippen LogP contribution is 2.24. The zero-order chi connectivity index (χ0) is 22.2. The number of aliphatic imine (C=N–C) groups is 1. The molecule has 3 rings (SSSR count). The molecule has 1 aliphatic heterocycles. The Morgan fingerprint density at radius 2 is 2.19 bits per heavy atom. The molecule has 2 heterocycles. The van der Waals surface area contributed by atoms with Gasteiger partial charge in [-0.05, 0) is 39.6 Å². The van der Waals surface area contributed by atoms with E-state index in [9.17, 15) is 0 Å². The lowest BCUT2D eigenvalue weighted by Crippen LogP contribution is -2.41. The van der Waals surface area contributed by atoms with Crippen LogP contribution in [0.5, 0.6) is 5.75 Å². The van der Waals surface area contributed by atoms with Crippen molar-refractivity contribution in [3.8, 4) is 5.75 Å². The molecule has 2 unspecified atom stereocenters. The summed E-state index contributed by atoms with van der Waals surface area (Å²) in [6, 6.07) is 6.49. The first-order chi connectivity index (χ1) is 15.0. The summed E-state index contributed by atoms with van der Waals surface area (Å²) in [6.45, 7) is 7.63. The molecular weight excluding hydrogens is 519 g/mol. The second-order valence-corrected chi connectivity index (χ2v) is 8.22. The van der Waals surface area contributed by atoms with Crippen molar-refractivity contribution in [1.29, 1.82) is 0 Å². The van der Waals surface area contributed by atoms with Crippen LogP contribution in [0.4, 0.5) is 0 Å². The minimum absolute atomic E-state index is 0. The molecule has 2 N–H and O–H groups in total. The van der Waals surface area contributed by atoms with Crippen LogP contribution in [0.3, 0.4) is 0 Å². The third-order valence-corrected chi connectivity index (χ3v) is 5.35. The number of nitrogens with zero attached hydrogens (tertiary/aromatic N) is 4. The molecule has 0 aliphatic carbocycles. The molecule has 1 fully saturated rings. The number of nitrogens with one attached hydrogen (secondary N) is 2. The van der Waals surface area contributed by atoms with Gasteiger partial charge in [-0.25, -0.2) is 4.99 Å². The van der Waals surface area contributed by atoms with E-state index in [2.05, 4.69) is 73.0 Å². The van der Waals surface area contributed by atoms with Gasteiger partial charge in [0.15, 0.2) is 5.96 Å². The monoisotopic (exact) mass is 556 g/mol. The summed E-state index contributed by atoms with van der Waals surface area (Å²) in [5.41, 5.74) is 3.42. The smallest absolute Gasteiger partial charge is 0.191 e. The molecule has 0 radical (unpaired) electrons. The first kappa shape index (κ1) is 26.4. The van der Waals surface area contributed by atoms with Crippen LogP contribution in [0.25, 0.3) is 0 Å². The van der Waals surface area contributed by atoms with Crippen molar-refractivity contribution < 1.29 is 9.47 Å². The van der Waals surface area contributed by atoms with E-state index in [-0.39, 0.29) is 36.1 Å². The highest BCUT2D eigenvalue weighted by atomic mass is 127. The molecule has 0 amide bonds. The van der Waals surface area contributed by atoms with Crippen molar-refractivity contribution in [2.45, 2.75) is 39.0 Å². The number of hydrogen-bond acceptors (Lipinski definition) is 5. The molecule has 1 saturated heterocycles. The Balaban J connectivity index is 0.00000363. The van der Waals surface area contributed by atoms with Crippen LogP contribution in [-0.2, 0) is 18.3 Å². The van der Waals surface area contributed by atoms with Crippen molar-refractivity contribution in [3.05, 3.63) is 47.3 Å². The zero-order valence-corrected chi connectivity index (χ0v) is 22.1. The van der Waals surface area contributed by atoms with Crippen molar-refractivity contribution in [2.24, 2.45) is 12.0 Å². The van der Waals surface area contributed by atoms with Gasteiger partial charge < -0.3 is 25.0 Å². The Morgan fingerprint density at radius 1 is 1.38 bits per heavy atom. The maximum absolute atomic E-state index is 6.22. The van der Waals surface area contributed by atoms with Crippen molar-refractivity contribution >= 4 is 29.9 Å². The lowest BCUT2D eigenvalue weighted by atomic mass is 10.1. The minimum Gasteiger partial charge on any atom is -0.488 e. The number of rotatable bonds is 9. The van der Waals surface area contributed by atoms with E-state index in [4.69, 9.17) is 14.5 Å². The largest absolute Gasteiger partial charge is 0.488 e. The van der Waals surface area contributed by atoms with E-state index in [0.717, 1.165) is 43.4 Å². The molecule has 2 aromatic rings. The lowest BCUT2D eigenvalue weighted by Gasteiger charge is -2.24. The van der Waals surface area contributed by atoms with Crippen LogP contribution >= 0.6 is 24.0 Å². The number of benzene rings is 1. The molecule has 32 heavy (non-hydrogen) atoms. The third-order valence-electron chi connectivity index (χ3n) is 5.35. The number of aryl methyl sites for hydroxylation is 2. The van der Waals surface area contributed by atoms with Crippen molar-refractivity contribution in [1.82, 2.24) is 25.3 Å². The van der Waals surface area contributed by atoms with Crippen LogP contribution in [-0.4, -0.2) is 67.1 Å². The van der Waals surface area contributed by atoms with Crippen LogP contribution < -0.4 is 15.4 Å². The Bertz CT molecular complexity index is 864. The van der Waals surface area contributed by atoms with E-state index in [1.54, 1.807) is 0 Å². The summed E-state index contributed by atoms with van der Waals surface area (Å²) in [5.74, 6) is 1.69. The van der Waals surface area contributed by atoms with E-state index in [0.29, 0.717) is 13.2 Å². The Morgan fingerprint density at radius 3 is 2.81 bits per heavy atom. The van der Waals surface area contributed by atoms with Gasteiger partial charge in [-0.1, -0.05) is 12.1 Å². The van der Waals surface area contributed by atoms with Gasteiger partial charge in [0.25, 0.3) is 0 Å². The quantitative estimate of drug-likeness (QED) is 0.281. The molecule has 9 heteroatoms. The summed E-state index contributed by atoms with van der Waals surface area (Å²) in [7, 11) is 6.09. The fourth-order valence-electron chi connectivity index (χ4n) is 3.60. The summed E-state index contributed by atoms with van der Waals surface area (Å²) in [5, 5.41) is 11.1. The number of guanidine groups is 1. The van der Waals surface area contributed by atoms with Crippen LogP contribution in [0.2, 0.25) is 0 Å². The fraction of sp³-hybridized carbons (Fsp3) is 0.565. The molecule has 1 aliphatic rings. The Labute approximate surface area is 208 Å².